The summed E-state index contributed by atoms with van der Waals surface area (Å²) in [4.78, 5) is 28.8. The molecule has 3 rings (SSSR count). The number of carbonyl (C=O) groups is 2. The zero-order chi connectivity index (χ0) is 18.5. The highest BCUT2D eigenvalue weighted by atomic mass is 16.6. The third kappa shape index (κ3) is 3.46. The van der Waals surface area contributed by atoms with E-state index in [0.29, 0.717) is 41.6 Å². The van der Waals surface area contributed by atoms with E-state index in [1.165, 1.54) is 14.2 Å². The molecule has 0 aliphatic carbocycles. The van der Waals surface area contributed by atoms with E-state index in [0.717, 1.165) is 0 Å². The van der Waals surface area contributed by atoms with Crippen LogP contribution in [-0.4, -0.2) is 44.0 Å². The standard InChI is InChI=1S/C19H19NO6/c1-23-17-13(11-16-18(19(17)24-2)26-10-9-25-16)15(22)4-3-14(21)12-5-7-20-8-6-12/h5-8,11H,3-4,9-10H2,1-2H3. The molecule has 1 aromatic heterocycles. The van der Waals surface area contributed by atoms with Gasteiger partial charge in [-0.25, -0.2) is 0 Å². The van der Waals surface area contributed by atoms with Crippen molar-refractivity contribution in [1.29, 1.82) is 0 Å². The maximum absolute atomic E-state index is 12.7. The lowest BCUT2D eigenvalue weighted by Crippen LogP contribution is -2.17. The van der Waals surface area contributed by atoms with Crippen LogP contribution in [0.2, 0.25) is 0 Å². The van der Waals surface area contributed by atoms with Crippen LogP contribution in [0.4, 0.5) is 0 Å². The third-order valence-electron chi connectivity index (χ3n) is 4.03. The molecule has 7 nitrogen and oxygen atoms in total. The number of benzene rings is 1. The molecule has 0 N–H and O–H groups in total. The first-order valence-electron chi connectivity index (χ1n) is 8.16. The Hall–Kier alpha value is -3.09. The number of carbonyl (C=O) groups excluding carboxylic acids is 2. The lowest BCUT2D eigenvalue weighted by molar-refractivity contribution is 0.0914. The number of ether oxygens (including phenoxy) is 4. The molecule has 0 amide bonds. The number of ketones is 2. The Bertz CT molecular complexity index is 819. The van der Waals surface area contributed by atoms with Crippen LogP contribution in [0.1, 0.15) is 33.6 Å². The van der Waals surface area contributed by atoms with Crippen molar-refractivity contribution in [3.05, 3.63) is 41.7 Å². The first-order valence-corrected chi connectivity index (χ1v) is 8.16. The minimum absolute atomic E-state index is 0.0420. The molecule has 2 heterocycles. The van der Waals surface area contributed by atoms with E-state index >= 15 is 0 Å². The summed E-state index contributed by atoms with van der Waals surface area (Å²) in [5.41, 5.74) is 0.829. The summed E-state index contributed by atoms with van der Waals surface area (Å²) in [6, 6.07) is 4.83. The molecule has 0 bridgehead atoms. The maximum atomic E-state index is 12.7. The van der Waals surface area contributed by atoms with Crippen molar-refractivity contribution in [3.8, 4) is 23.0 Å². The van der Waals surface area contributed by atoms with E-state index in [1.54, 1.807) is 30.6 Å². The molecule has 1 aromatic carbocycles. The van der Waals surface area contributed by atoms with Gasteiger partial charge in [-0.05, 0) is 18.2 Å². The predicted molar refractivity (Wildman–Crippen MR) is 92.7 cm³/mol. The van der Waals surface area contributed by atoms with E-state index in [1.807, 2.05) is 0 Å². The Morgan fingerprint density at radius 2 is 1.65 bits per heavy atom. The molecule has 0 fully saturated rings. The number of hydrogen-bond acceptors (Lipinski definition) is 7. The number of Topliss-reactive ketones (excluding diaryl/α,β-unsaturated/α-hetero) is 2. The Morgan fingerprint density at radius 1 is 1.00 bits per heavy atom. The van der Waals surface area contributed by atoms with Crippen molar-refractivity contribution in [2.75, 3.05) is 27.4 Å². The quantitative estimate of drug-likeness (QED) is 0.705. The second kappa shape index (κ2) is 7.86. The molecule has 7 heteroatoms. The monoisotopic (exact) mass is 357 g/mol. The maximum Gasteiger partial charge on any atom is 0.208 e. The minimum Gasteiger partial charge on any atom is -0.492 e. The summed E-state index contributed by atoms with van der Waals surface area (Å²) < 4.78 is 21.9. The van der Waals surface area contributed by atoms with Gasteiger partial charge in [0, 0.05) is 30.8 Å². The summed E-state index contributed by atoms with van der Waals surface area (Å²) in [5.74, 6) is 1.08. The molecular weight excluding hydrogens is 338 g/mol. The second-order valence-electron chi connectivity index (χ2n) is 5.60. The zero-order valence-electron chi connectivity index (χ0n) is 14.6. The molecule has 1 aliphatic heterocycles. The molecule has 26 heavy (non-hydrogen) atoms. The highest BCUT2D eigenvalue weighted by molar-refractivity contribution is 6.04. The summed E-state index contributed by atoms with van der Waals surface area (Å²) in [6.45, 7) is 0.775. The van der Waals surface area contributed by atoms with Crippen LogP contribution in [0.15, 0.2) is 30.6 Å². The fourth-order valence-corrected chi connectivity index (χ4v) is 2.78. The normalized spacial score (nSPS) is 12.4. The van der Waals surface area contributed by atoms with Crippen LogP contribution in [0, 0.1) is 0 Å². The van der Waals surface area contributed by atoms with Crippen molar-refractivity contribution in [1.82, 2.24) is 4.98 Å². The van der Waals surface area contributed by atoms with Gasteiger partial charge in [0.1, 0.15) is 13.2 Å². The summed E-state index contributed by atoms with van der Waals surface area (Å²) in [6.07, 6.45) is 3.22. The molecule has 2 aromatic rings. The van der Waals surface area contributed by atoms with Gasteiger partial charge < -0.3 is 18.9 Å². The number of hydrogen-bond donors (Lipinski definition) is 0. The summed E-state index contributed by atoms with van der Waals surface area (Å²) in [5, 5.41) is 0. The van der Waals surface area contributed by atoms with Crippen LogP contribution in [0.5, 0.6) is 23.0 Å². The van der Waals surface area contributed by atoms with Crippen LogP contribution in [0.25, 0.3) is 0 Å². The zero-order valence-corrected chi connectivity index (χ0v) is 14.6. The number of aromatic nitrogens is 1. The molecule has 0 atom stereocenters. The van der Waals surface area contributed by atoms with Crippen LogP contribution in [0.3, 0.4) is 0 Å². The van der Waals surface area contributed by atoms with Gasteiger partial charge in [-0.1, -0.05) is 0 Å². The molecule has 0 unspecified atom stereocenters. The number of nitrogens with zero attached hydrogens (tertiary/aromatic N) is 1. The van der Waals surface area contributed by atoms with E-state index < -0.39 is 0 Å². The molecule has 0 spiro atoms. The van der Waals surface area contributed by atoms with Crippen LogP contribution >= 0.6 is 0 Å². The Kier molecular flexibility index (Phi) is 5.36. The van der Waals surface area contributed by atoms with Gasteiger partial charge in [-0.2, -0.15) is 0 Å². The van der Waals surface area contributed by atoms with Gasteiger partial charge in [0.05, 0.1) is 19.8 Å². The van der Waals surface area contributed by atoms with Crippen LogP contribution < -0.4 is 18.9 Å². The summed E-state index contributed by atoms with van der Waals surface area (Å²) >= 11 is 0. The Labute approximate surface area is 150 Å². The fourth-order valence-electron chi connectivity index (χ4n) is 2.78. The van der Waals surface area contributed by atoms with E-state index in [2.05, 4.69) is 4.98 Å². The highest BCUT2D eigenvalue weighted by Gasteiger charge is 2.27. The smallest absolute Gasteiger partial charge is 0.208 e. The Balaban J connectivity index is 1.83. The van der Waals surface area contributed by atoms with Gasteiger partial charge in [0.15, 0.2) is 23.1 Å². The average molecular weight is 357 g/mol. The van der Waals surface area contributed by atoms with Crippen molar-refractivity contribution >= 4 is 11.6 Å². The number of methoxy groups -OCH3 is 2. The number of pyridine rings is 1. The van der Waals surface area contributed by atoms with Gasteiger partial charge in [-0.3, -0.25) is 14.6 Å². The van der Waals surface area contributed by atoms with Crippen molar-refractivity contribution in [2.24, 2.45) is 0 Å². The molecule has 0 saturated carbocycles. The van der Waals surface area contributed by atoms with Crippen molar-refractivity contribution < 1.29 is 28.5 Å². The number of fused-ring (bicyclic) bond motifs is 1. The first-order chi connectivity index (χ1) is 12.7. The lowest BCUT2D eigenvalue weighted by Gasteiger charge is -2.23. The topological polar surface area (TPSA) is 84.0 Å². The van der Waals surface area contributed by atoms with E-state index in [-0.39, 0.29) is 30.2 Å². The fraction of sp³-hybridized carbons (Fsp3) is 0.316. The van der Waals surface area contributed by atoms with Gasteiger partial charge in [0.2, 0.25) is 11.5 Å². The van der Waals surface area contributed by atoms with E-state index in [4.69, 9.17) is 18.9 Å². The summed E-state index contributed by atoms with van der Waals surface area (Å²) in [7, 11) is 2.92. The van der Waals surface area contributed by atoms with Crippen LogP contribution in [-0.2, 0) is 0 Å². The molecule has 0 saturated heterocycles. The molecule has 0 radical (unpaired) electrons. The SMILES string of the molecule is COc1c(C(=O)CCC(=O)c2ccncc2)cc2c(c1OC)OCCO2. The molecule has 1 aliphatic rings. The third-order valence-corrected chi connectivity index (χ3v) is 4.03. The lowest BCUT2D eigenvalue weighted by atomic mass is 10.0. The largest absolute Gasteiger partial charge is 0.492 e. The highest BCUT2D eigenvalue weighted by Crippen LogP contribution is 2.48. The van der Waals surface area contributed by atoms with Gasteiger partial charge >= 0.3 is 0 Å². The second-order valence-corrected chi connectivity index (χ2v) is 5.60. The predicted octanol–water partition coefficient (Wildman–Crippen LogP) is 2.72. The van der Waals surface area contributed by atoms with Gasteiger partial charge in [-0.15, -0.1) is 0 Å². The Morgan fingerprint density at radius 3 is 2.35 bits per heavy atom. The van der Waals surface area contributed by atoms with Gasteiger partial charge in [0.25, 0.3) is 0 Å². The first kappa shape index (κ1) is 17.7. The van der Waals surface area contributed by atoms with Crippen molar-refractivity contribution in [2.45, 2.75) is 12.8 Å². The average Bonchev–Trinajstić information content (AvgIpc) is 2.70. The minimum atomic E-state index is -0.237. The molecule has 136 valence electrons. The van der Waals surface area contributed by atoms with E-state index in [9.17, 15) is 9.59 Å². The number of rotatable bonds is 7. The van der Waals surface area contributed by atoms with Crippen molar-refractivity contribution in [3.63, 3.8) is 0 Å². The molecular formula is C19H19NO6.